The minimum atomic E-state index is -0.877. The molecule has 1 unspecified atom stereocenters. The quantitative estimate of drug-likeness (QED) is 0.840. The number of rotatable bonds is 6. The summed E-state index contributed by atoms with van der Waals surface area (Å²) in [7, 11) is 1.45. The number of halogens is 1. The Bertz CT molecular complexity index is 476. The summed E-state index contributed by atoms with van der Waals surface area (Å²) in [5, 5.41) is 11.9. The van der Waals surface area contributed by atoms with Crippen molar-refractivity contribution in [2.24, 2.45) is 5.92 Å². The molecule has 6 heteroatoms. The van der Waals surface area contributed by atoms with E-state index in [9.17, 15) is 9.59 Å². The summed E-state index contributed by atoms with van der Waals surface area (Å²) in [6.45, 7) is 1.88. The van der Waals surface area contributed by atoms with E-state index >= 15 is 0 Å². The van der Waals surface area contributed by atoms with Crippen LogP contribution in [0.1, 0.15) is 23.7 Å². The van der Waals surface area contributed by atoms with Crippen molar-refractivity contribution >= 4 is 23.5 Å². The Morgan fingerprint density at radius 2 is 2.16 bits per heavy atom. The number of carboxylic acids is 1. The number of amides is 1. The van der Waals surface area contributed by atoms with E-state index in [1.165, 1.54) is 7.11 Å². The summed E-state index contributed by atoms with van der Waals surface area (Å²) in [5.41, 5.74) is 0.370. The van der Waals surface area contributed by atoms with Gasteiger partial charge in [-0.15, -0.1) is 0 Å². The molecule has 5 nitrogen and oxygen atoms in total. The molecular formula is C13H16ClNO4. The maximum Gasteiger partial charge on any atom is 0.306 e. The van der Waals surface area contributed by atoms with Gasteiger partial charge in [-0.05, 0) is 24.6 Å². The fourth-order valence-corrected chi connectivity index (χ4v) is 1.64. The monoisotopic (exact) mass is 285 g/mol. The van der Waals surface area contributed by atoms with Crippen LogP contribution in [0.2, 0.25) is 5.02 Å². The largest absolute Gasteiger partial charge is 0.496 e. The number of nitrogens with one attached hydrogen (secondary N) is 1. The standard InChI is InChI=1S/C13H16ClNO4/c1-8(13(17)18)5-6-15-12(16)10-4-3-9(14)7-11(10)19-2/h3-4,7-8H,5-6H2,1-2H3,(H,15,16)(H,17,18). The summed E-state index contributed by atoms with van der Waals surface area (Å²) in [6, 6.07) is 4.71. The van der Waals surface area contributed by atoms with Crippen LogP contribution in [0, 0.1) is 5.92 Å². The summed E-state index contributed by atoms with van der Waals surface area (Å²) < 4.78 is 5.07. The Morgan fingerprint density at radius 3 is 2.74 bits per heavy atom. The van der Waals surface area contributed by atoms with Crippen molar-refractivity contribution in [1.82, 2.24) is 5.32 Å². The Balaban J connectivity index is 2.61. The first-order valence-electron chi connectivity index (χ1n) is 5.80. The predicted octanol–water partition coefficient (Wildman–Crippen LogP) is 2.19. The van der Waals surface area contributed by atoms with Gasteiger partial charge in [0.05, 0.1) is 18.6 Å². The molecule has 0 aromatic heterocycles. The molecule has 1 aromatic carbocycles. The predicted molar refractivity (Wildman–Crippen MR) is 71.8 cm³/mol. The minimum absolute atomic E-state index is 0.290. The normalized spacial score (nSPS) is 11.7. The van der Waals surface area contributed by atoms with E-state index in [1.807, 2.05) is 0 Å². The maximum absolute atomic E-state index is 11.9. The maximum atomic E-state index is 11.9. The van der Waals surface area contributed by atoms with Crippen LogP contribution in [0.15, 0.2) is 18.2 Å². The van der Waals surface area contributed by atoms with Gasteiger partial charge in [0.25, 0.3) is 5.91 Å². The van der Waals surface area contributed by atoms with E-state index in [1.54, 1.807) is 25.1 Å². The van der Waals surface area contributed by atoms with Gasteiger partial charge in [0.1, 0.15) is 5.75 Å². The van der Waals surface area contributed by atoms with Gasteiger partial charge in [0.2, 0.25) is 0 Å². The highest BCUT2D eigenvalue weighted by Crippen LogP contribution is 2.22. The fraction of sp³-hybridized carbons (Fsp3) is 0.385. The van der Waals surface area contributed by atoms with Crippen molar-refractivity contribution in [3.63, 3.8) is 0 Å². The van der Waals surface area contributed by atoms with Gasteiger partial charge in [-0.25, -0.2) is 0 Å². The van der Waals surface area contributed by atoms with E-state index in [-0.39, 0.29) is 12.5 Å². The molecule has 0 saturated carbocycles. The molecule has 0 heterocycles. The molecule has 0 spiro atoms. The lowest BCUT2D eigenvalue weighted by Crippen LogP contribution is -2.27. The zero-order valence-corrected chi connectivity index (χ0v) is 11.5. The summed E-state index contributed by atoms with van der Waals surface area (Å²) in [5.74, 6) is -1.30. The third-order valence-corrected chi connectivity index (χ3v) is 2.93. The Morgan fingerprint density at radius 1 is 1.47 bits per heavy atom. The lowest BCUT2D eigenvalue weighted by Gasteiger charge is -2.10. The van der Waals surface area contributed by atoms with Gasteiger partial charge < -0.3 is 15.2 Å². The van der Waals surface area contributed by atoms with E-state index in [4.69, 9.17) is 21.4 Å². The molecule has 0 bridgehead atoms. The van der Waals surface area contributed by atoms with Crippen LogP contribution in [0.25, 0.3) is 0 Å². The SMILES string of the molecule is COc1cc(Cl)ccc1C(=O)NCCC(C)C(=O)O. The van der Waals surface area contributed by atoms with Gasteiger partial charge in [-0.2, -0.15) is 0 Å². The smallest absolute Gasteiger partial charge is 0.306 e. The van der Waals surface area contributed by atoms with Gasteiger partial charge in [0.15, 0.2) is 0 Å². The van der Waals surface area contributed by atoms with E-state index in [2.05, 4.69) is 5.32 Å². The number of carboxylic acid groups (broad SMARTS) is 1. The fourth-order valence-electron chi connectivity index (χ4n) is 1.47. The van der Waals surface area contributed by atoms with Crippen LogP contribution in [-0.2, 0) is 4.79 Å². The molecule has 1 rings (SSSR count). The zero-order chi connectivity index (χ0) is 14.4. The average molecular weight is 286 g/mol. The molecular weight excluding hydrogens is 270 g/mol. The highest BCUT2D eigenvalue weighted by molar-refractivity contribution is 6.30. The third kappa shape index (κ3) is 4.44. The molecule has 0 aliphatic carbocycles. The number of carbonyl (C=O) groups is 2. The number of carbonyl (C=O) groups excluding carboxylic acids is 1. The second-order valence-corrected chi connectivity index (χ2v) is 4.56. The number of hydrogen-bond donors (Lipinski definition) is 2. The van der Waals surface area contributed by atoms with Crippen LogP contribution in [0.4, 0.5) is 0 Å². The zero-order valence-electron chi connectivity index (χ0n) is 10.8. The topological polar surface area (TPSA) is 75.6 Å². The minimum Gasteiger partial charge on any atom is -0.496 e. The van der Waals surface area contributed by atoms with Crippen LogP contribution >= 0.6 is 11.6 Å². The molecule has 0 aliphatic heterocycles. The van der Waals surface area contributed by atoms with Gasteiger partial charge in [-0.1, -0.05) is 18.5 Å². The molecule has 0 aliphatic rings. The van der Waals surface area contributed by atoms with Crippen LogP contribution in [-0.4, -0.2) is 30.6 Å². The van der Waals surface area contributed by atoms with Gasteiger partial charge in [0, 0.05) is 11.6 Å². The number of hydrogen-bond acceptors (Lipinski definition) is 3. The summed E-state index contributed by atoms with van der Waals surface area (Å²) in [6.07, 6.45) is 0.372. The van der Waals surface area contributed by atoms with Crippen molar-refractivity contribution in [3.05, 3.63) is 28.8 Å². The van der Waals surface area contributed by atoms with E-state index < -0.39 is 11.9 Å². The lowest BCUT2D eigenvalue weighted by molar-refractivity contribution is -0.141. The molecule has 2 N–H and O–H groups in total. The molecule has 1 atom stereocenters. The average Bonchev–Trinajstić information content (AvgIpc) is 2.37. The molecule has 0 fully saturated rings. The summed E-state index contributed by atoms with van der Waals surface area (Å²) >= 11 is 5.80. The number of aliphatic carboxylic acids is 1. The van der Waals surface area contributed by atoms with Crippen molar-refractivity contribution < 1.29 is 19.4 Å². The third-order valence-electron chi connectivity index (χ3n) is 2.69. The van der Waals surface area contributed by atoms with Crippen molar-refractivity contribution in [3.8, 4) is 5.75 Å². The molecule has 0 radical (unpaired) electrons. The number of methoxy groups -OCH3 is 1. The van der Waals surface area contributed by atoms with Gasteiger partial charge in [-0.3, -0.25) is 9.59 Å². The van der Waals surface area contributed by atoms with Crippen LogP contribution < -0.4 is 10.1 Å². The Labute approximate surface area is 116 Å². The second kappa shape index (κ2) is 6.99. The highest BCUT2D eigenvalue weighted by Gasteiger charge is 2.14. The molecule has 1 aromatic rings. The molecule has 104 valence electrons. The lowest BCUT2D eigenvalue weighted by atomic mass is 10.1. The Hall–Kier alpha value is -1.75. The van der Waals surface area contributed by atoms with E-state index in [0.29, 0.717) is 22.8 Å². The number of ether oxygens (including phenoxy) is 1. The highest BCUT2D eigenvalue weighted by atomic mass is 35.5. The van der Waals surface area contributed by atoms with Crippen molar-refractivity contribution in [2.75, 3.05) is 13.7 Å². The Kier molecular flexibility index (Phi) is 5.63. The molecule has 19 heavy (non-hydrogen) atoms. The van der Waals surface area contributed by atoms with Crippen molar-refractivity contribution in [2.45, 2.75) is 13.3 Å². The van der Waals surface area contributed by atoms with E-state index in [0.717, 1.165) is 0 Å². The summed E-state index contributed by atoms with van der Waals surface area (Å²) in [4.78, 5) is 22.5. The van der Waals surface area contributed by atoms with Crippen LogP contribution in [0.3, 0.4) is 0 Å². The van der Waals surface area contributed by atoms with Crippen molar-refractivity contribution in [1.29, 1.82) is 0 Å². The first-order chi connectivity index (χ1) is 8.95. The first-order valence-corrected chi connectivity index (χ1v) is 6.18. The van der Waals surface area contributed by atoms with Crippen LogP contribution in [0.5, 0.6) is 5.75 Å². The second-order valence-electron chi connectivity index (χ2n) is 4.13. The molecule has 0 saturated heterocycles. The first kappa shape index (κ1) is 15.3. The molecule has 1 amide bonds. The van der Waals surface area contributed by atoms with Gasteiger partial charge >= 0.3 is 5.97 Å². The number of benzene rings is 1.